The largest absolute Gasteiger partial charge is 0.394 e. The number of nitrogens with two attached hydrogens (primary N) is 1. The topological polar surface area (TPSA) is 142 Å². The summed E-state index contributed by atoms with van der Waals surface area (Å²) in [5.41, 5.74) is 4.97. The molecule has 6 N–H and O–H groups in total. The van der Waals surface area contributed by atoms with E-state index in [0.717, 1.165) is 0 Å². The van der Waals surface area contributed by atoms with Crippen LogP contribution in [-0.4, -0.2) is 69.8 Å². The first-order valence-electron chi connectivity index (χ1n) is 5.13. The average molecular weight is 251 g/mol. The predicted octanol–water partition coefficient (Wildman–Crippen LogP) is -3.32. The van der Waals surface area contributed by atoms with Crippen LogP contribution >= 0.6 is 0 Å². The Morgan fingerprint density at radius 2 is 1.94 bits per heavy atom. The van der Waals surface area contributed by atoms with Crippen molar-refractivity contribution in [2.75, 3.05) is 6.61 Å². The van der Waals surface area contributed by atoms with E-state index in [1.54, 1.807) is 0 Å². The van der Waals surface area contributed by atoms with E-state index in [0.29, 0.717) is 0 Å². The monoisotopic (exact) mass is 251 g/mol. The molecule has 1 aliphatic heterocycles. The molecule has 8 heteroatoms. The first-order valence-corrected chi connectivity index (χ1v) is 5.13. The van der Waals surface area contributed by atoms with E-state index in [-0.39, 0.29) is 6.61 Å². The second-order valence-electron chi connectivity index (χ2n) is 3.93. The van der Waals surface area contributed by atoms with Gasteiger partial charge in [-0.15, -0.1) is 0 Å². The Morgan fingerprint density at radius 3 is 2.41 bits per heavy atom. The van der Waals surface area contributed by atoms with Gasteiger partial charge in [-0.1, -0.05) is 0 Å². The van der Waals surface area contributed by atoms with E-state index in [1.165, 1.54) is 6.92 Å². The first kappa shape index (κ1) is 14.3. The van der Waals surface area contributed by atoms with Crippen LogP contribution in [0.1, 0.15) is 6.92 Å². The molecule has 0 radical (unpaired) electrons. The van der Waals surface area contributed by atoms with Crippen molar-refractivity contribution in [1.29, 1.82) is 0 Å². The van der Waals surface area contributed by atoms with Gasteiger partial charge in [0.2, 0.25) is 5.91 Å². The molecule has 1 amide bonds. The zero-order valence-electron chi connectivity index (χ0n) is 9.26. The molecule has 1 heterocycles. The molecule has 0 saturated carbocycles. The van der Waals surface area contributed by atoms with Gasteiger partial charge in [0.25, 0.3) is 0 Å². The smallest absolute Gasteiger partial charge is 0.249 e. The molecular formula is C9H17NO7. The molecule has 0 aliphatic carbocycles. The molecule has 6 atom stereocenters. The maximum absolute atomic E-state index is 11.0. The number of amides is 1. The summed E-state index contributed by atoms with van der Waals surface area (Å²) in [6, 6.07) is 0. The lowest BCUT2D eigenvalue weighted by atomic mass is 9.98. The number of carbonyl (C=O) groups excluding carboxylic acids is 1. The van der Waals surface area contributed by atoms with Gasteiger partial charge in [0.05, 0.1) is 12.7 Å². The Labute approximate surface area is 97.6 Å². The fourth-order valence-corrected chi connectivity index (χ4v) is 1.47. The molecule has 1 aliphatic rings. The van der Waals surface area contributed by atoms with Crippen molar-refractivity contribution in [3.63, 3.8) is 0 Å². The van der Waals surface area contributed by atoms with Crippen LogP contribution in [0.5, 0.6) is 0 Å². The normalized spacial score (nSPS) is 39.9. The van der Waals surface area contributed by atoms with E-state index in [4.69, 9.17) is 20.3 Å². The van der Waals surface area contributed by atoms with Gasteiger partial charge in [-0.05, 0) is 6.92 Å². The fourth-order valence-electron chi connectivity index (χ4n) is 1.47. The molecule has 0 aromatic carbocycles. The lowest BCUT2D eigenvalue weighted by Gasteiger charge is -2.39. The number of primary amides is 1. The van der Waals surface area contributed by atoms with Gasteiger partial charge in [0.15, 0.2) is 12.4 Å². The van der Waals surface area contributed by atoms with Gasteiger partial charge in [-0.2, -0.15) is 0 Å². The molecule has 3 unspecified atom stereocenters. The third-order valence-electron chi connectivity index (χ3n) is 2.47. The van der Waals surface area contributed by atoms with Crippen LogP contribution in [-0.2, 0) is 14.3 Å². The van der Waals surface area contributed by atoms with Crippen molar-refractivity contribution in [2.45, 2.75) is 43.7 Å². The van der Waals surface area contributed by atoms with Crippen LogP contribution < -0.4 is 5.73 Å². The van der Waals surface area contributed by atoms with Gasteiger partial charge < -0.3 is 35.6 Å². The Morgan fingerprint density at radius 1 is 1.35 bits per heavy atom. The Bertz CT molecular complexity index is 274. The lowest BCUT2D eigenvalue weighted by molar-refractivity contribution is -0.301. The molecule has 1 rings (SSSR count). The molecular weight excluding hydrogens is 234 g/mol. The summed E-state index contributed by atoms with van der Waals surface area (Å²) in [6.07, 6.45) is -8.23. The van der Waals surface area contributed by atoms with E-state index in [9.17, 15) is 20.1 Å². The molecule has 0 bridgehead atoms. The minimum absolute atomic E-state index is 0.327. The highest BCUT2D eigenvalue weighted by Gasteiger charge is 2.46. The number of aliphatic hydroxyl groups excluding tert-OH is 4. The Balaban J connectivity index is 2.74. The van der Waals surface area contributed by atoms with Crippen molar-refractivity contribution < 1.29 is 34.7 Å². The van der Waals surface area contributed by atoms with Crippen LogP contribution in [0.15, 0.2) is 0 Å². The van der Waals surface area contributed by atoms with Crippen LogP contribution in [0.2, 0.25) is 0 Å². The fraction of sp³-hybridized carbons (Fsp3) is 0.889. The van der Waals surface area contributed by atoms with Crippen LogP contribution in [0.4, 0.5) is 0 Å². The maximum Gasteiger partial charge on any atom is 0.249 e. The standard InChI is InChI=1S/C9H17NO7/c1-3(2-11)16-9-6(14)4(12)5(13)7(17-9)8(10)15/h3-7,9,11-14H,2H2,1H3,(H2,10,15)/t3?,4?,5-,6+,7?,9-/m0/s1. The number of ether oxygens (including phenoxy) is 2. The highest BCUT2D eigenvalue weighted by Crippen LogP contribution is 2.22. The zero-order chi connectivity index (χ0) is 13.2. The summed E-state index contributed by atoms with van der Waals surface area (Å²) < 4.78 is 10.00. The molecule has 0 spiro atoms. The average Bonchev–Trinajstić information content (AvgIpc) is 2.29. The lowest BCUT2D eigenvalue weighted by Crippen LogP contribution is -2.62. The van der Waals surface area contributed by atoms with E-state index >= 15 is 0 Å². The summed E-state index contributed by atoms with van der Waals surface area (Å²) in [5, 5.41) is 37.3. The summed E-state index contributed by atoms with van der Waals surface area (Å²) in [7, 11) is 0. The molecule has 17 heavy (non-hydrogen) atoms. The van der Waals surface area contributed by atoms with E-state index in [2.05, 4.69) is 0 Å². The van der Waals surface area contributed by atoms with Crippen LogP contribution in [0.25, 0.3) is 0 Å². The quantitative estimate of drug-likeness (QED) is 0.352. The summed E-state index contributed by atoms with van der Waals surface area (Å²) in [5.74, 6) is -0.978. The number of carbonyl (C=O) groups is 1. The molecule has 0 aromatic heterocycles. The van der Waals surface area contributed by atoms with Crippen molar-refractivity contribution in [3.8, 4) is 0 Å². The SMILES string of the molecule is CC(CO)O[C@H]1OC(C(N)=O)[C@@H](O)C(O)[C@H]1O. The van der Waals surface area contributed by atoms with Gasteiger partial charge in [-0.25, -0.2) is 0 Å². The Hall–Kier alpha value is -0.770. The highest BCUT2D eigenvalue weighted by molar-refractivity contribution is 5.79. The minimum atomic E-state index is -1.62. The zero-order valence-corrected chi connectivity index (χ0v) is 9.26. The molecule has 100 valence electrons. The predicted molar refractivity (Wildman–Crippen MR) is 53.5 cm³/mol. The van der Waals surface area contributed by atoms with E-state index in [1.807, 2.05) is 0 Å². The van der Waals surface area contributed by atoms with Crippen molar-refractivity contribution in [2.24, 2.45) is 5.73 Å². The number of hydrogen-bond donors (Lipinski definition) is 5. The van der Waals surface area contributed by atoms with Gasteiger partial charge in [0, 0.05) is 0 Å². The number of aliphatic hydroxyl groups is 4. The van der Waals surface area contributed by atoms with E-state index < -0.39 is 42.7 Å². The number of hydrogen-bond acceptors (Lipinski definition) is 7. The third kappa shape index (κ3) is 3.12. The van der Waals surface area contributed by atoms with Gasteiger partial charge in [-0.3, -0.25) is 4.79 Å². The van der Waals surface area contributed by atoms with Crippen LogP contribution in [0.3, 0.4) is 0 Å². The first-order chi connectivity index (χ1) is 7.88. The molecule has 1 fully saturated rings. The third-order valence-corrected chi connectivity index (χ3v) is 2.47. The Kier molecular flexibility index (Phi) is 4.80. The van der Waals surface area contributed by atoms with Gasteiger partial charge in [0.1, 0.15) is 18.3 Å². The number of rotatable bonds is 4. The minimum Gasteiger partial charge on any atom is -0.394 e. The van der Waals surface area contributed by atoms with Crippen LogP contribution in [0, 0.1) is 0 Å². The van der Waals surface area contributed by atoms with Crippen molar-refractivity contribution >= 4 is 5.91 Å². The second kappa shape index (κ2) is 5.71. The van der Waals surface area contributed by atoms with Crippen molar-refractivity contribution in [3.05, 3.63) is 0 Å². The molecule has 8 nitrogen and oxygen atoms in total. The molecule has 0 aromatic rings. The second-order valence-corrected chi connectivity index (χ2v) is 3.93. The van der Waals surface area contributed by atoms with Gasteiger partial charge >= 0.3 is 0 Å². The summed E-state index contributed by atoms with van der Waals surface area (Å²) in [6.45, 7) is 1.18. The van der Waals surface area contributed by atoms with Crippen molar-refractivity contribution in [1.82, 2.24) is 0 Å². The highest BCUT2D eigenvalue weighted by atomic mass is 16.7. The maximum atomic E-state index is 11.0. The summed E-state index contributed by atoms with van der Waals surface area (Å²) >= 11 is 0. The summed E-state index contributed by atoms with van der Waals surface area (Å²) in [4.78, 5) is 11.0. The molecule has 1 saturated heterocycles.